The van der Waals surface area contributed by atoms with Crippen LogP contribution in [-0.2, 0) is 29.5 Å². The second-order valence-electron chi connectivity index (χ2n) is 5.56. The van der Waals surface area contributed by atoms with Crippen LogP contribution >= 0.6 is 0 Å². The molecule has 2 heterocycles. The lowest BCUT2D eigenvalue weighted by molar-refractivity contribution is -0.117. The highest BCUT2D eigenvalue weighted by atomic mass is 16.2. The van der Waals surface area contributed by atoms with Gasteiger partial charge in [0.1, 0.15) is 11.6 Å². The Morgan fingerprint density at radius 3 is 2.00 bits per heavy atom. The standard InChI is InChI=1S/C11H13NO2.C6H8N2O2/c1-8(13)6-10-4-3-5-11(12-10)7-9(2)14;1-4-3-8(2)6(10)7-5(4)9/h3-5H,6-7H2,1-2H3;3H,1-2H3,(H,7,9,10). The molecule has 24 heavy (non-hydrogen) atoms. The molecule has 0 aliphatic heterocycles. The van der Waals surface area contributed by atoms with Crippen LogP contribution in [0.25, 0.3) is 0 Å². The predicted molar refractivity (Wildman–Crippen MR) is 90.0 cm³/mol. The number of nitrogens with one attached hydrogen (secondary N) is 1. The Kier molecular flexibility index (Phi) is 6.98. The van der Waals surface area contributed by atoms with Crippen molar-refractivity contribution in [3.8, 4) is 0 Å². The number of aryl methyl sites for hydroxylation is 2. The molecule has 128 valence electrons. The molecule has 2 aromatic rings. The summed E-state index contributed by atoms with van der Waals surface area (Å²) >= 11 is 0. The van der Waals surface area contributed by atoms with Gasteiger partial charge in [-0.05, 0) is 32.9 Å². The number of hydrogen-bond donors (Lipinski definition) is 1. The summed E-state index contributed by atoms with van der Waals surface area (Å²) < 4.78 is 1.33. The van der Waals surface area contributed by atoms with Gasteiger partial charge in [-0.1, -0.05) is 6.07 Å². The van der Waals surface area contributed by atoms with Crippen LogP contribution < -0.4 is 11.2 Å². The van der Waals surface area contributed by atoms with Crippen LogP contribution in [0.1, 0.15) is 30.8 Å². The maximum Gasteiger partial charge on any atom is 0.328 e. The van der Waals surface area contributed by atoms with Crippen LogP contribution in [-0.4, -0.2) is 26.1 Å². The minimum Gasteiger partial charge on any atom is -0.303 e. The average Bonchev–Trinajstić information content (AvgIpc) is 2.45. The topological polar surface area (TPSA) is 102 Å². The van der Waals surface area contributed by atoms with Crippen LogP contribution in [0.15, 0.2) is 34.0 Å². The van der Waals surface area contributed by atoms with Gasteiger partial charge in [0.25, 0.3) is 5.56 Å². The normalized spacial score (nSPS) is 9.83. The van der Waals surface area contributed by atoms with Crippen molar-refractivity contribution >= 4 is 11.6 Å². The summed E-state index contributed by atoms with van der Waals surface area (Å²) in [5.41, 5.74) is 1.31. The van der Waals surface area contributed by atoms with Crippen molar-refractivity contribution in [3.05, 3.63) is 62.2 Å². The van der Waals surface area contributed by atoms with E-state index in [9.17, 15) is 19.2 Å². The molecular formula is C17H21N3O4. The smallest absolute Gasteiger partial charge is 0.303 e. The lowest BCUT2D eigenvalue weighted by atomic mass is 10.1. The molecule has 0 bridgehead atoms. The third-order valence-corrected chi connectivity index (χ3v) is 3.01. The van der Waals surface area contributed by atoms with E-state index in [1.165, 1.54) is 24.6 Å². The Bertz CT molecular complexity index is 787. The van der Waals surface area contributed by atoms with E-state index in [2.05, 4.69) is 9.97 Å². The van der Waals surface area contributed by atoms with Gasteiger partial charge >= 0.3 is 5.69 Å². The monoisotopic (exact) mass is 331 g/mol. The van der Waals surface area contributed by atoms with E-state index in [-0.39, 0.29) is 22.8 Å². The van der Waals surface area contributed by atoms with E-state index in [0.29, 0.717) is 18.4 Å². The zero-order valence-electron chi connectivity index (χ0n) is 14.3. The zero-order chi connectivity index (χ0) is 18.3. The van der Waals surface area contributed by atoms with Crippen molar-refractivity contribution < 1.29 is 9.59 Å². The Labute approximate surface area is 139 Å². The third-order valence-electron chi connectivity index (χ3n) is 3.01. The van der Waals surface area contributed by atoms with Crippen LogP contribution in [0.4, 0.5) is 0 Å². The van der Waals surface area contributed by atoms with Crippen LogP contribution in [0.5, 0.6) is 0 Å². The molecule has 0 aromatic carbocycles. The van der Waals surface area contributed by atoms with E-state index in [1.54, 1.807) is 26.1 Å². The first kappa shape index (κ1) is 19.2. The molecule has 7 nitrogen and oxygen atoms in total. The highest BCUT2D eigenvalue weighted by molar-refractivity contribution is 5.78. The zero-order valence-corrected chi connectivity index (χ0v) is 14.3. The fraction of sp³-hybridized carbons (Fsp3) is 0.353. The molecule has 0 radical (unpaired) electrons. The second kappa shape index (κ2) is 8.71. The van der Waals surface area contributed by atoms with Gasteiger partial charge in [0.2, 0.25) is 0 Å². The summed E-state index contributed by atoms with van der Waals surface area (Å²) in [5, 5.41) is 0. The van der Waals surface area contributed by atoms with E-state index in [0.717, 1.165) is 11.4 Å². The minimum atomic E-state index is -0.379. The fourth-order valence-electron chi connectivity index (χ4n) is 1.93. The number of pyridine rings is 1. The molecule has 2 aromatic heterocycles. The van der Waals surface area contributed by atoms with Gasteiger partial charge in [-0.15, -0.1) is 0 Å². The van der Waals surface area contributed by atoms with Crippen molar-refractivity contribution in [2.45, 2.75) is 33.6 Å². The number of carbonyl (C=O) groups excluding carboxylic acids is 2. The molecule has 0 unspecified atom stereocenters. The number of Topliss-reactive ketones (excluding diaryl/α,β-unsaturated/α-hetero) is 2. The Hall–Kier alpha value is -2.83. The lowest BCUT2D eigenvalue weighted by Gasteiger charge is -2.00. The second-order valence-corrected chi connectivity index (χ2v) is 5.56. The van der Waals surface area contributed by atoms with E-state index in [4.69, 9.17) is 0 Å². The maximum absolute atomic E-state index is 10.8. The Balaban J connectivity index is 0.000000254. The van der Waals surface area contributed by atoms with Gasteiger partial charge in [-0.2, -0.15) is 0 Å². The summed E-state index contributed by atoms with van der Waals surface area (Å²) in [5.74, 6) is 0.162. The van der Waals surface area contributed by atoms with Gasteiger partial charge < -0.3 is 4.57 Å². The summed E-state index contributed by atoms with van der Waals surface area (Å²) in [4.78, 5) is 49.5. The molecule has 0 saturated heterocycles. The van der Waals surface area contributed by atoms with E-state index < -0.39 is 0 Å². The maximum atomic E-state index is 10.8. The van der Waals surface area contributed by atoms with Gasteiger partial charge in [-0.25, -0.2) is 4.79 Å². The number of rotatable bonds is 4. The molecule has 0 saturated carbocycles. The molecule has 0 atom stereocenters. The Morgan fingerprint density at radius 1 is 1.08 bits per heavy atom. The van der Waals surface area contributed by atoms with E-state index in [1.807, 2.05) is 6.07 Å². The SMILES string of the molecule is CC(=O)Cc1cccc(CC(C)=O)n1.Cc1cn(C)c(=O)[nH]c1=O. The van der Waals surface area contributed by atoms with Crippen molar-refractivity contribution in [2.24, 2.45) is 7.05 Å². The molecule has 0 aliphatic rings. The molecule has 0 spiro atoms. The first-order chi connectivity index (χ1) is 11.2. The fourth-order valence-corrected chi connectivity index (χ4v) is 1.93. The van der Waals surface area contributed by atoms with E-state index >= 15 is 0 Å². The number of hydrogen-bond acceptors (Lipinski definition) is 5. The largest absolute Gasteiger partial charge is 0.328 e. The quantitative estimate of drug-likeness (QED) is 0.890. The molecule has 0 aliphatic carbocycles. The van der Waals surface area contributed by atoms with Crippen molar-refractivity contribution in [1.29, 1.82) is 0 Å². The van der Waals surface area contributed by atoms with Crippen molar-refractivity contribution in [1.82, 2.24) is 14.5 Å². The highest BCUT2D eigenvalue weighted by Crippen LogP contribution is 2.02. The number of nitrogens with zero attached hydrogens (tertiary/aromatic N) is 2. The third kappa shape index (κ3) is 6.51. The molecule has 7 heteroatoms. The molecule has 0 fully saturated rings. The number of aromatic nitrogens is 3. The first-order valence-corrected chi connectivity index (χ1v) is 7.39. The number of H-pyrrole nitrogens is 1. The van der Waals surface area contributed by atoms with Gasteiger partial charge in [0.15, 0.2) is 0 Å². The van der Waals surface area contributed by atoms with Crippen molar-refractivity contribution in [3.63, 3.8) is 0 Å². The number of carbonyl (C=O) groups is 2. The summed E-state index contributed by atoms with van der Waals surface area (Å²) in [6, 6.07) is 5.42. The Morgan fingerprint density at radius 2 is 1.58 bits per heavy atom. The molecule has 1 N–H and O–H groups in total. The minimum absolute atomic E-state index is 0.0810. The van der Waals surface area contributed by atoms with Gasteiger partial charge in [0.05, 0.1) is 0 Å². The number of ketones is 2. The molecular weight excluding hydrogens is 310 g/mol. The summed E-state index contributed by atoms with van der Waals surface area (Å²) in [6.07, 6.45) is 2.18. The molecule has 0 amide bonds. The molecule has 2 rings (SSSR count). The van der Waals surface area contributed by atoms with Crippen LogP contribution in [0.2, 0.25) is 0 Å². The average molecular weight is 331 g/mol. The van der Waals surface area contributed by atoms with Crippen LogP contribution in [0, 0.1) is 6.92 Å². The lowest BCUT2D eigenvalue weighted by Crippen LogP contribution is -2.28. The first-order valence-electron chi connectivity index (χ1n) is 7.39. The number of aromatic amines is 1. The predicted octanol–water partition coefficient (Wildman–Crippen LogP) is 0.727. The van der Waals surface area contributed by atoms with Gasteiger partial charge in [0, 0.05) is 43.0 Å². The van der Waals surface area contributed by atoms with Gasteiger partial charge in [-0.3, -0.25) is 24.4 Å². The van der Waals surface area contributed by atoms with Crippen molar-refractivity contribution in [2.75, 3.05) is 0 Å². The summed E-state index contributed by atoms with van der Waals surface area (Å²) in [7, 11) is 1.59. The summed E-state index contributed by atoms with van der Waals surface area (Å²) in [6.45, 7) is 4.71. The van der Waals surface area contributed by atoms with Crippen LogP contribution in [0.3, 0.4) is 0 Å². The highest BCUT2D eigenvalue weighted by Gasteiger charge is 2.02.